The predicted octanol–water partition coefficient (Wildman–Crippen LogP) is 3.05. The van der Waals surface area contributed by atoms with Crippen molar-refractivity contribution in [2.24, 2.45) is 0 Å². The van der Waals surface area contributed by atoms with Gasteiger partial charge in [0.05, 0.1) is 0 Å². The van der Waals surface area contributed by atoms with Gasteiger partial charge >= 0.3 is 12.1 Å². The third kappa shape index (κ3) is 8.95. The molecule has 0 aromatic carbocycles. The summed E-state index contributed by atoms with van der Waals surface area (Å²) in [5.74, 6) is -1.84. The first kappa shape index (κ1) is 15.0. The Morgan fingerprint density at radius 2 is 1.60 bits per heavy atom. The quantitative estimate of drug-likeness (QED) is 0.432. The monoisotopic (exact) mass is 337 g/mol. The van der Waals surface area contributed by atoms with Crippen molar-refractivity contribution < 1.29 is 18.0 Å². The van der Waals surface area contributed by atoms with Gasteiger partial charge in [0.2, 0.25) is 0 Å². The van der Waals surface area contributed by atoms with E-state index >= 15 is 0 Å². The molecule has 0 heterocycles. The van der Waals surface area contributed by atoms with Crippen LogP contribution < -0.4 is 5.32 Å². The number of hydrogen-bond acceptors (Lipinski definition) is 1. The molecule has 0 aliphatic heterocycles. The van der Waals surface area contributed by atoms with E-state index in [0.29, 0.717) is 6.42 Å². The Kier molecular flexibility index (Phi) is 8.17. The van der Waals surface area contributed by atoms with E-state index in [4.69, 9.17) is 0 Å². The summed E-state index contributed by atoms with van der Waals surface area (Å²) in [6.07, 6.45) is 0.00950. The van der Waals surface area contributed by atoms with Gasteiger partial charge in [-0.2, -0.15) is 13.2 Å². The lowest BCUT2D eigenvalue weighted by Crippen LogP contribution is -2.37. The maximum atomic E-state index is 11.7. The molecule has 0 aliphatic carbocycles. The van der Waals surface area contributed by atoms with E-state index in [1.54, 1.807) is 0 Å². The highest BCUT2D eigenvalue weighted by atomic mass is 127. The number of amides is 1. The zero-order chi connectivity index (χ0) is 11.7. The summed E-state index contributed by atoms with van der Waals surface area (Å²) in [6.45, 7) is 0.114. The van der Waals surface area contributed by atoms with Crippen molar-refractivity contribution in [2.75, 3.05) is 11.0 Å². The minimum absolute atomic E-state index is 0.114. The van der Waals surface area contributed by atoms with Gasteiger partial charge in [0, 0.05) is 6.54 Å². The molecular formula is C9H15F3INO. The molecule has 1 N–H and O–H groups in total. The summed E-state index contributed by atoms with van der Waals surface area (Å²) in [7, 11) is 0. The number of unbranched alkanes of at least 4 members (excludes halogenated alkanes) is 4. The molecule has 0 aromatic rings. The minimum atomic E-state index is -4.75. The number of rotatable bonds is 7. The Morgan fingerprint density at radius 1 is 1.07 bits per heavy atom. The van der Waals surface area contributed by atoms with Crippen molar-refractivity contribution in [1.29, 1.82) is 0 Å². The van der Waals surface area contributed by atoms with Crippen molar-refractivity contribution in [3.63, 3.8) is 0 Å². The Balaban J connectivity index is 3.28. The molecule has 0 radical (unpaired) electrons. The van der Waals surface area contributed by atoms with Crippen molar-refractivity contribution in [1.82, 2.24) is 5.32 Å². The number of hydrogen-bond donors (Lipinski definition) is 1. The van der Waals surface area contributed by atoms with Crippen molar-refractivity contribution in [3.05, 3.63) is 0 Å². The van der Waals surface area contributed by atoms with Crippen LogP contribution in [0, 0.1) is 0 Å². The molecule has 0 aromatic heterocycles. The Labute approximate surface area is 101 Å². The van der Waals surface area contributed by atoms with E-state index in [0.717, 1.165) is 30.1 Å². The predicted molar refractivity (Wildman–Crippen MR) is 61.0 cm³/mol. The van der Waals surface area contributed by atoms with Crippen LogP contribution >= 0.6 is 22.6 Å². The topological polar surface area (TPSA) is 29.1 Å². The summed E-state index contributed by atoms with van der Waals surface area (Å²) in [5.41, 5.74) is 0. The molecule has 0 bridgehead atoms. The number of nitrogens with one attached hydrogen (secondary N) is 1. The second-order valence-corrected chi connectivity index (χ2v) is 4.29. The van der Waals surface area contributed by atoms with Crippen LogP contribution in [-0.2, 0) is 4.79 Å². The normalized spacial score (nSPS) is 11.5. The van der Waals surface area contributed by atoms with E-state index in [9.17, 15) is 18.0 Å². The first-order chi connectivity index (χ1) is 6.98. The molecule has 2 nitrogen and oxygen atoms in total. The molecule has 90 valence electrons. The fourth-order valence-electron chi connectivity index (χ4n) is 1.05. The highest BCUT2D eigenvalue weighted by molar-refractivity contribution is 14.1. The van der Waals surface area contributed by atoms with Gasteiger partial charge in [0.25, 0.3) is 0 Å². The number of carbonyl (C=O) groups excluding carboxylic acids is 1. The fourth-order valence-corrected chi connectivity index (χ4v) is 1.59. The second-order valence-electron chi connectivity index (χ2n) is 3.21. The summed E-state index contributed by atoms with van der Waals surface area (Å²) < 4.78 is 36.2. The van der Waals surface area contributed by atoms with Crippen LogP contribution in [0.4, 0.5) is 13.2 Å². The summed E-state index contributed by atoms with van der Waals surface area (Å²) >= 11 is 2.29. The summed E-state index contributed by atoms with van der Waals surface area (Å²) in [5, 5.41) is 1.85. The van der Waals surface area contributed by atoms with Gasteiger partial charge < -0.3 is 5.32 Å². The van der Waals surface area contributed by atoms with Crippen LogP contribution in [0.3, 0.4) is 0 Å². The lowest BCUT2D eigenvalue weighted by molar-refractivity contribution is -0.173. The molecular weight excluding hydrogens is 322 g/mol. The van der Waals surface area contributed by atoms with Crippen molar-refractivity contribution in [2.45, 2.75) is 38.3 Å². The second kappa shape index (κ2) is 8.18. The van der Waals surface area contributed by atoms with Gasteiger partial charge in [-0.15, -0.1) is 0 Å². The number of alkyl halides is 4. The fraction of sp³-hybridized carbons (Fsp3) is 0.889. The molecule has 0 rings (SSSR count). The standard InChI is InChI=1S/C9H15F3INO/c10-9(11,12)8(15)14-7-5-3-1-2-4-6-13/h1-7H2,(H,14,15). The maximum absolute atomic E-state index is 11.7. The average Bonchev–Trinajstić information content (AvgIpc) is 2.14. The molecule has 0 spiro atoms. The molecule has 0 saturated carbocycles. The number of carbonyl (C=O) groups is 1. The molecule has 15 heavy (non-hydrogen) atoms. The van der Waals surface area contributed by atoms with Gasteiger partial charge in [0.15, 0.2) is 0 Å². The first-order valence-corrected chi connectivity index (χ1v) is 6.42. The van der Waals surface area contributed by atoms with Crippen molar-refractivity contribution >= 4 is 28.5 Å². The Hall–Kier alpha value is -0.0100. The van der Waals surface area contributed by atoms with Gasteiger partial charge in [-0.1, -0.05) is 41.9 Å². The van der Waals surface area contributed by atoms with Gasteiger partial charge in [-0.3, -0.25) is 4.79 Å². The highest BCUT2D eigenvalue weighted by Crippen LogP contribution is 2.14. The maximum Gasteiger partial charge on any atom is 0.471 e. The Bertz CT molecular complexity index is 185. The average molecular weight is 337 g/mol. The smallest absolute Gasteiger partial charge is 0.348 e. The van der Waals surface area contributed by atoms with Gasteiger partial charge in [-0.25, -0.2) is 0 Å². The SMILES string of the molecule is O=C(NCCCCCCCI)C(F)(F)F. The lowest BCUT2D eigenvalue weighted by Gasteiger charge is -2.07. The molecule has 1 amide bonds. The molecule has 0 unspecified atom stereocenters. The number of halogens is 4. The summed E-state index contributed by atoms with van der Waals surface area (Å²) in [6, 6.07) is 0. The van der Waals surface area contributed by atoms with E-state index in [1.165, 1.54) is 0 Å². The van der Waals surface area contributed by atoms with Gasteiger partial charge in [0.1, 0.15) is 0 Å². The molecule has 0 atom stereocenters. The zero-order valence-corrected chi connectivity index (χ0v) is 10.5. The summed E-state index contributed by atoms with van der Waals surface area (Å²) in [4.78, 5) is 10.4. The first-order valence-electron chi connectivity index (χ1n) is 4.89. The van der Waals surface area contributed by atoms with Crippen LogP contribution in [0.25, 0.3) is 0 Å². The van der Waals surface area contributed by atoms with E-state index in [-0.39, 0.29) is 6.54 Å². The third-order valence-corrected chi connectivity index (χ3v) is 2.62. The van der Waals surface area contributed by atoms with Crippen LogP contribution in [0.15, 0.2) is 0 Å². The van der Waals surface area contributed by atoms with Crippen LogP contribution in [-0.4, -0.2) is 23.1 Å². The Morgan fingerprint density at radius 3 is 2.13 bits per heavy atom. The van der Waals surface area contributed by atoms with Gasteiger partial charge in [-0.05, 0) is 17.3 Å². The molecule has 0 aliphatic rings. The third-order valence-electron chi connectivity index (χ3n) is 1.85. The highest BCUT2D eigenvalue weighted by Gasteiger charge is 2.37. The molecule has 0 fully saturated rings. The van der Waals surface area contributed by atoms with Crippen molar-refractivity contribution in [3.8, 4) is 0 Å². The minimum Gasteiger partial charge on any atom is -0.348 e. The van der Waals surface area contributed by atoms with Crippen LogP contribution in [0.1, 0.15) is 32.1 Å². The van der Waals surface area contributed by atoms with E-state index in [1.807, 2.05) is 5.32 Å². The van der Waals surface area contributed by atoms with E-state index < -0.39 is 12.1 Å². The van der Waals surface area contributed by atoms with Crippen LogP contribution in [0.2, 0.25) is 0 Å². The zero-order valence-electron chi connectivity index (χ0n) is 8.37. The molecule has 6 heteroatoms. The van der Waals surface area contributed by atoms with E-state index in [2.05, 4.69) is 22.6 Å². The largest absolute Gasteiger partial charge is 0.471 e. The van der Waals surface area contributed by atoms with Crippen LogP contribution in [0.5, 0.6) is 0 Å². The lowest BCUT2D eigenvalue weighted by atomic mass is 10.1. The molecule has 0 saturated heterocycles.